The monoisotopic (exact) mass is 461 g/mol. The fourth-order valence-corrected chi connectivity index (χ4v) is 5.91. The highest BCUT2D eigenvalue weighted by Gasteiger charge is 2.39. The van der Waals surface area contributed by atoms with Gasteiger partial charge in [-0.15, -0.1) is 16.8 Å². The molecule has 0 unspecified atom stereocenters. The van der Waals surface area contributed by atoms with Crippen LogP contribution in [0.3, 0.4) is 0 Å². The van der Waals surface area contributed by atoms with Crippen molar-refractivity contribution in [3.05, 3.63) is 0 Å². The van der Waals surface area contributed by atoms with Crippen LogP contribution in [0.1, 0.15) is 97.8 Å². The van der Waals surface area contributed by atoms with Crippen LogP contribution in [0.15, 0.2) is 0 Å². The number of thioether (sulfide) groups is 2. The lowest BCUT2D eigenvalue weighted by atomic mass is 10.1. The molecule has 1 aliphatic rings. The second kappa shape index (κ2) is 14.4. The van der Waals surface area contributed by atoms with E-state index in [2.05, 4.69) is 6.92 Å². The highest BCUT2D eigenvalue weighted by Crippen LogP contribution is 2.33. The van der Waals surface area contributed by atoms with Crippen LogP contribution in [-0.2, 0) is 19.2 Å². The summed E-state index contributed by atoms with van der Waals surface area (Å²) in [5, 5.41) is 0.588. The average molecular weight is 462 g/mol. The largest absolute Gasteiger partial charge is 0.348 e. The smallest absolute Gasteiger partial charge is 0.329 e. The van der Waals surface area contributed by atoms with Gasteiger partial charge in [-0.05, 0) is 26.0 Å². The maximum atomic E-state index is 12.3. The van der Waals surface area contributed by atoms with Crippen LogP contribution in [0.2, 0.25) is 0 Å². The summed E-state index contributed by atoms with van der Waals surface area (Å²) >= 11 is 8.22. The molecule has 0 bridgehead atoms. The highest BCUT2D eigenvalue weighted by atomic mass is 32.2. The molecule has 0 aromatic carbocycles. The van der Waals surface area contributed by atoms with Crippen molar-refractivity contribution in [3.8, 4) is 0 Å². The predicted octanol–water partition coefficient (Wildman–Crippen LogP) is 6.04. The normalized spacial score (nSPS) is 14.5. The van der Waals surface area contributed by atoms with E-state index in [0.717, 1.165) is 12.2 Å². The van der Waals surface area contributed by atoms with Gasteiger partial charge in [0.1, 0.15) is 8.28 Å². The van der Waals surface area contributed by atoms with Gasteiger partial charge in [0.15, 0.2) is 0 Å². The molecule has 1 aliphatic heterocycles. The molecule has 0 radical (unpaired) electrons. The number of hydrogen-bond acceptors (Lipinski definition) is 7. The van der Waals surface area contributed by atoms with Gasteiger partial charge in [-0.3, -0.25) is 9.59 Å². The van der Waals surface area contributed by atoms with Crippen LogP contribution in [0.25, 0.3) is 0 Å². The van der Waals surface area contributed by atoms with Crippen molar-refractivity contribution in [1.29, 1.82) is 0 Å². The molecule has 0 aliphatic carbocycles. The fraction of sp³-hybridized carbons (Fsp3) is 0.810. The molecular formula is C21H35NO4S3. The van der Waals surface area contributed by atoms with Crippen LogP contribution in [0.4, 0.5) is 0 Å². The Hall–Kier alpha value is -0.600. The van der Waals surface area contributed by atoms with Crippen molar-refractivity contribution < 1.29 is 19.2 Å². The number of carbonyl (C=O) groups is 3. The molecule has 0 N–H and O–H groups in total. The lowest BCUT2D eigenvalue weighted by molar-refractivity contribution is -0.198. The summed E-state index contributed by atoms with van der Waals surface area (Å²) in [6.45, 7) is 5.63. The number of carbonyl (C=O) groups excluding carboxylic acids is 3. The van der Waals surface area contributed by atoms with Gasteiger partial charge in [-0.1, -0.05) is 88.7 Å². The van der Waals surface area contributed by atoms with Gasteiger partial charge >= 0.3 is 5.97 Å². The Labute approximate surface area is 189 Å². The molecule has 0 atom stereocenters. The summed E-state index contributed by atoms with van der Waals surface area (Å²) in [6.07, 6.45) is 13.2. The zero-order valence-electron chi connectivity index (χ0n) is 18.0. The van der Waals surface area contributed by atoms with Crippen LogP contribution in [0, 0.1) is 0 Å². The van der Waals surface area contributed by atoms with Gasteiger partial charge in [0.25, 0.3) is 11.8 Å². The maximum Gasteiger partial charge on any atom is 0.348 e. The van der Waals surface area contributed by atoms with E-state index in [9.17, 15) is 14.4 Å². The lowest BCUT2D eigenvalue weighted by Crippen LogP contribution is -2.40. The molecule has 0 saturated carbocycles. The number of thiocarbonyl (C=S) groups is 1. The lowest BCUT2D eigenvalue weighted by Gasteiger charge is -2.23. The number of unbranched alkanes of at least 4 members (excludes halogenated alkanes) is 9. The van der Waals surface area contributed by atoms with Crippen molar-refractivity contribution in [3.63, 3.8) is 0 Å². The van der Waals surface area contributed by atoms with Crippen molar-refractivity contribution in [1.82, 2.24) is 5.06 Å². The third kappa shape index (κ3) is 10.8. The maximum absolute atomic E-state index is 12.3. The molecule has 1 heterocycles. The average Bonchev–Trinajstić information content (AvgIpc) is 2.97. The van der Waals surface area contributed by atoms with Gasteiger partial charge in [-0.2, -0.15) is 0 Å². The van der Waals surface area contributed by atoms with E-state index in [1.807, 2.05) is 0 Å². The van der Waals surface area contributed by atoms with E-state index in [1.54, 1.807) is 25.6 Å². The van der Waals surface area contributed by atoms with Crippen LogP contribution < -0.4 is 0 Å². The van der Waals surface area contributed by atoms with E-state index in [-0.39, 0.29) is 12.8 Å². The van der Waals surface area contributed by atoms with Gasteiger partial charge in [0.2, 0.25) is 0 Å². The van der Waals surface area contributed by atoms with Crippen molar-refractivity contribution in [2.75, 3.05) is 5.75 Å². The topological polar surface area (TPSA) is 63.7 Å². The Morgan fingerprint density at radius 1 is 0.966 bits per heavy atom. The van der Waals surface area contributed by atoms with Gasteiger partial charge in [0.05, 0.1) is 0 Å². The Bertz CT molecular complexity index is 550. The first-order chi connectivity index (χ1) is 13.8. The molecule has 29 heavy (non-hydrogen) atoms. The summed E-state index contributed by atoms with van der Waals surface area (Å²) in [6, 6.07) is 0. The van der Waals surface area contributed by atoms with Gasteiger partial charge in [0, 0.05) is 12.8 Å². The Balaban J connectivity index is 2.13. The first-order valence-electron chi connectivity index (χ1n) is 10.7. The fourth-order valence-electron chi connectivity index (χ4n) is 2.88. The number of nitrogens with zero attached hydrogens (tertiary/aromatic N) is 1. The molecule has 1 fully saturated rings. The van der Waals surface area contributed by atoms with Gasteiger partial charge < -0.3 is 4.84 Å². The van der Waals surface area contributed by atoms with Crippen LogP contribution in [0.5, 0.6) is 0 Å². The summed E-state index contributed by atoms with van der Waals surface area (Å²) in [7, 11) is 0. The molecule has 8 heteroatoms. The Morgan fingerprint density at radius 2 is 1.45 bits per heavy atom. The molecular weight excluding hydrogens is 426 g/mol. The SMILES string of the molecule is CCCCCCCCCCCCSC(=S)SC(C)(C)C(=O)ON1C(=O)CCC1=O. The summed E-state index contributed by atoms with van der Waals surface area (Å²) in [5.74, 6) is -0.631. The Kier molecular flexibility index (Phi) is 13.1. The minimum atomic E-state index is -0.953. The third-order valence-electron chi connectivity index (χ3n) is 4.73. The summed E-state index contributed by atoms with van der Waals surface area (Å²) < 4.78 is -0.271. The molecule has 0 aromatic rings. The zero-order chi connectivity index (χ0) is 21.7. The molecule has 0 aromatic heterocycles. The van der Waals surface area contributed by atoms with Crippen LogP contribution in [-0.4, -0.2) is 36.9 Å². The number of hydroxylamine groups is 2. The minimum Gasteiger partial charge on any atom is -0.329 e. The quantitative estimate of drug-likeness (QED) is 0.177. The number of amides is 2. The molecule has 1 saturated heterocycles. The Morgan fingerprint density at radius 3 is 1.97 bits per heavy atom. The van der Waals surface area contributed by atoms with E-state index < -0.39 is 22.5 Å². The number of hydrogen-bond donors (Lipinski definition) is 0. The molecule has 166 valence electrons. The van der Waals surface area contributed by atoms with Crippen molar-refractivity contribution in [2.45, 2.75) is 103 Å². The zero-order valence-corrected chi connectivity index (χ0v) is 20.4. The molecule has 2 amide bonds. The van der Waals surface area contributed by atoms with E-state index in [1.165, 1.54) is 69.5 Å². The number of rotatable bonds is 14. The third-order valence-corrected chi connectivity index (χ3v) is 7.51. The van der Waals surface area contributed by atoms with E-state index in [0.29, 0.717) is 8.59 Å². The standard InChI is InChI=1S/C21H35NO4S3/c1-4-5-6-7-8-9-10-11-12-13-16-28-20(27)29-21(2,3)19(25)26-22-17(23)14-15-18(22)24/h4-16H2,1-3H3. The second-order valence-electron chi connectivity index (χ2n) is 7.85. The summed E-state index contributed by atoms with van der Waals surface area (Å²) in [5.41, 5.74) is 0. The van der Waals surface area contributed by atoms with Gasteiger partial charge in [-0.25, -0.2) is 4.79 Å². The molecule has 1 rings (SSSR count). The predicted molar refractivity (Wildman–Crippen MR) is 126 cm³/mol. The van der Waals surface area contributed by atoms with E-state index >= 15 is 0 Å². The van der Waals surface area contributed by atoms with Crippen molar-refractivity contribution in [2.24, 2.45) is 0 Å². The van der Waals surface area contributed by atoms with Crippen LogP contribution >= 0.6 is 35.7 Å². The number of imide groups is 1. The molecule has 0 spiro atoms. The van der Waals surface area contributed by atoms with Crippen molar-refractivity contribution >= 4 is 57.1 Å². The van der Waals surface area contributed by atoms with E-state index in [4.69, 9.17) is 17.1 Å². The first-order valence-corrected chi connectivity index (χ1v) is 12.9. The highest BCUT2D eigenvalue weighted by molar-refractivity contribution is 8.47. The molecule has 5 nitrogen and oxygen atoms in total. The second-order valence-corrected chi connectivity index (χ2v) is 11.8. The summed E-state index contributed by atoms with van der Waals surface area (Å²) in [4.78, 5) is 40.5. The minimum absolute atomic E-state index is 0.0901. The first kappa shape index (κ1) is 26.4.